The van der Waals surface area contributed by atoms with Crippen LogP contribution in [0.15, 0.2) is 36.4 Å². The normalized spacial score (nSPS) is 15.4. The first kappa shape index (κ1) is 14.0. The van der Waals surface area contributed by atoms with E-state index in [9.17, 15) is 4.79 Å². The van der Waals surface area contributed by atoms with Crippen LogP contribution in [0, 0.1) is 6.92 Å². The van der Waals surface area contributed by atoms with Crippen LogP contribution in [0.25, 0.3) is 0 Å². The molecule has 5 heteroatoms. The van der Waals surface area contributed by atoms with Crippen LogP contribution >= 0.6 is 34.9 Å². The monoisotopic (exact) mass is 321 g/mol. The highest BCUT2D eigenvalue weighted by molar-refractivity contribution is 8.19. The van der Waals surface area contributed by atoms with E-state index < -0.39 is 0 Å². The lowest BCUT2D eigenvalue weighted by Crippen LogP contribution is -2.10. The fourth-order valence-electron chi connectivity index (χ4n) is 2.06. The lowest BCUT2D eigenvalue weighted by atomic mass is 10.2. The van der Waals surface area contributed by atoms with Crippen molar-refractivity contribution in [3.63, 3.8) is 0 Å². The predicted octanol–water partition coefficient (Wildman–Crippen LogP) is 4.79. The van der Waals surface area contributed by atoms with Crippen molar-refractivity contribution in [2.24, 2.45) is 0 Å². The van der Waals surface area contributed by atoms with E-state index in [1.54, 1.807) is 0 Å². The van der Waals surface area contributed by atoms with E-state index in [1.807, 2.05) is 54.7 Å². The molecular weight excluding hydrogens is 306 g/mol. The summed E-state index contributed by atoms with van der Waals surface area (Å²) in [7, 11) is 0. The van der Waals surface area contributed by atoms with Gasteiger partial charge >= 0.3 is 0 Å². The Morgan fingerprint density at radius 3 is 2.70 bits per heavy atom. The van der Waals surface area contributed by atoms with Gasteiger partial charge in [-0.2, -0.15) is 0 Å². The van der Waals surface area contributed by atoms with E-state index in [0.29, 0.717) is 4.58 Å². The summed E-state index contributed by atoms with van der Waals surface area (Å²) >= 11 is 5.47. The molecule has 0 spiro atoms. The highest BCUT2D eigenvalue weighted by Gasteiger charge is 2.18. The van der Waals surface area contributed by atoms with E-state index in [1.165, 1.54) is 28.4 Å². The van der Waals surface area contributed by atoms with Crippen molar-refractivity contribution in [1.82, 2.24) is 0 Å². The summed E-state index contributed by atoms with van der Waals surface area (Å²) in [5.74, 6) is 2.40. The fraction of sp³-hybridized carbons (Fsp3) is 0.267. The summed E-state index contributed by atoms with van der Waals surface area (Å²) in [6.07, 6.45) is 0. The van der Waals surface area contributed by atoms with Crippen LogP contribution in [0.5, 0.6) is 0 Å². The molecule has 104 valence electrons. The van der Waals surface area contributed by atoms with Gasteiger partial charge in [0.15, 0.2) is 0 Å². The maximum Gasteiger partial charge on any atom is 0.265 e. The van der Waals surface area contributed by atoms with Crippen LogP contribution in [0.2, 0.25) is 0 Å². The van der Waals surface area contributed by atoms with Gasteiger partial charge in [0.05, 0.1) is 9.46 Å². The van der Waals surface area contributed by atoms with E-state index in [-0.39, 0.29) is 5.91 Å². The minimum Gasteiger partial charge on any atom is -0.321 e. The molecule has 1 aromatic carbocycles. The second-order valence-electron chi connectivity index (χ2n) is 4.56. The summed E-state index contributed by atoms with van der Waals surface area (Å²) in [4.78, 5) is 14.1. The first-order valence-electron chi connectivity index (χ1n) is 6.43. The number of rotatable bonds is 3. The zero-order chi connectivity index (χ0) is 13.9. The summed E-state index contributed by atoms with van der Waals surface area (Å²) in [5.41, 5.74) is 2.17. The van der Waals surface area contributed by atoms with Crippen molar-refractivity contribution in [2.75, 3.05) is 16.8 Å². The molecule has 1 aliphatic heterocycles. The quantitative estimate of drug-likeness (QED) is 0.881. The molecule has 1 fully saturated rings. The molecule has 1 amide bonds. The Kier molecular flexibility index (Phi) is 4.38. The van der Waals surface area contributed by atoms with Gasteiger partial charge in [-0.15, -0.1) is 34.9 Å². The number of anilines is 1. The third kappa shape index (κ3) is 3.22. The number of carbonyl (C=O) groups is 1. The van der Waals surface area contributed by atoms with E-state index >= 15 is 0 Å². The Balaban J connectivity index is 1.74. The summed E-state index contributed by atoms with van der Waals surface area (Å²) in [6, 6.07) is 12.1. The van der Waals surface area contributed by atoms with Gasteiger partial charge < -0.3 is 5.32 Å². The minimum atomic E-state index is -0.0213. The molecule has 2 nitrogen and oxygen atoms in total. The summed E-state index contributed by atoms with van der Waals surface area (Å²) in [5, 5.41) is 2.99. The van der Waals surface area contributed by atoms with Crippen LogP contribution in [0.1, 0.15) is 24.7 Å². The Bertz CT molecular complexity index is 617. The first-order chi connectivity index (χ1) is 9.72. The van der Waals surface area contributed by atoms with Gasteiger partial charge in [-0.25, -0.2) is 0 Å². The molecule has 0 unspecified atom stereocenters. The first-order valence-corrected chi connectivity index (χ1v) is 9.35. The van der Waals surface area contributed by atoms with Crippen LogP contribution in [-0.4, -0.2) is 17.4 Å². The van der Waals surface area contributed by atoms with Gasteiger partial charge in [-0.1, -0.05) is 12.1 Å². The zero-order valence-corrected chi connectivity index (χ0v) is 13.5. The highest BCUT2D eigenvalue weighted by Crippen LogP contribution is 2.45. The molecule has 2 aromatic rings. The number of hydrogen-bond donors (Lipinski definition) is 1. The topological polar surface area (TPSA) is 29.1 Å². The summed E-state index contributed by atoms with van der Waals surface area (Å²) in [6.45, 7) is 2.01. The molecule has 0 aliphatic carbocycles. The highest BCUT2D eigenvalue weighted by atomic mass is 32.2. The third-order valence-corrected chi connectivity index (χ3v) is 7.11. The van der Waals surface area contributed by atoms with Crippen LogP contribution in [-0.2, 0) is 0 Å². The van der Waals surface area contributed by atoms with Gasteiger partial charge in [0.2, 0.25) is 0 Å². The average molecular weight is 321 g/mol. The van der Waals surface area contributed by atoms with Crippen molar-refractivity contribution >= 4 is 46.5 Å². The third-order valence-electron chi connectivity index (χ3n) is 3.00. The number of thiophene rings is 1. The van der Waals surface area contributed by atoms with Crippen LogP contribution in [0.4, 0.5) is 5.69 Å². The van der Waals surface area contributed by atoms with E-state index in [4.69, 9.17) is 0 Å². The molecule has 0 atom stereocenters. The predicted molar refractivity (Wildman–Crippen MR) is 91.1 cm³/mol. The molecule has 0 bridgehead atoms. The van der Waals surface area contributed by atoms with Gasteiger partial charge in [0.1, 0.15) is 0 Å². The Morgan fingerprint density at radius 1 is 1.20 bits per heavy atom. The second-order valence-corrected chi connectivity index (χ2v) is 8.58. The zero-order valence-electron chi connectivity index (χ0n) is 11.1. The Labute approximate surface area is 131 Å². The van der Waals surface area contributed by atoms with Crippen molar-refractivity contribution in [3.05, 3.63) is 51.7 Å². The number of benzene rings is 1. The maximum absolute atomic E-state index is 12.1. The maximum atomic E-state index is 12.1. The Hall–Kier alpha value is -0.910. The van der Waals surface area contributed by atoms with Gasteiger partial charge in [0.25, 0.3) is 5.91 Å². The number of thioether (sulfide) groups is 2. The van der Waals surface area contributed by atoms with Crippen molar-refractivity contribution in [3.8, 4) is 0 Å². The molecule has 1 aromatic heterocycles. The second kappa shape index (κ2) is 6.24. The molecule has 1 aliphatic rings. The molecule has 20 heavy (non-hydrogen) atoms. The average Bonchev–Trinajstić information content (AvgIpc) is 3.10. The van der Waals surface area contributed by atoms with Gasteiger partial charge in [-0.05, 0) is 36.8 Å². The molecule has 2 heterocycles. The van der Waals surface area contributed by atoms with Crippen molar-refractivity contribution in [2.45, 2.75) is 11.5 Å². The fourth-order valence-corrected chi connectivity index (χ4v) is 5.66. The Morgan fingerprint density at radius 2 is 2.00 bits per heavy atom. The smallest absolute Gasteiger partial charge is 0.265 e. The molecule has 1 N–H and O–H groups in total. The number of nitrogens with one attached hydrogen (secondary N) is 1. The van der Waals surface area contributed by atoms with Crippen molar-refractivity contribution in [1.29, 1.82) is 0 Å². The van der Waals surface area contributed by atoms with E-state index in [0.717, 1.165) is 15.4 Å². The van der Waals surface area contributed by atoms with E-state index in [2.05, 4.69) is 17.4 Å². The number of amides is 1. The molecule has 0 saturated carbocycles. The SMILES string of the molecule is Cc1ccc(C(=O)Nc2cccc(C3SCCS3)c2)s1. The number of aryl methyl sites for hydroxylation is 1. The van der Waals surface area contributed by atoms with Gasteiger partial charge in [-0.3, -0.25) is 4.79 Å². The minimum absolute atomic E-state index is 0.0213. The van der Waals surface area contributed by atoms with Gasteiger partial charge in [0, 0.05) is 22.1 Å². The standard InChI is InChI=1S/C15H15NOS3/c1-10-5-6-13(20-10)14(17)16-12-4-2-3-11(9-12)15-18-7-8-19-15/h2-6,9,15H,7-8H2,1H3,(H,16,17). The summed E-state index contributed by atoms with van der Waals surface area (Å²) < 4.78 is 0.510. The molecular formula is C15H15NOS3. The number of carbonyl (C=O) groups excluding carboxylic acids is 1. The lowest BCUT2D eigenvalue weighted by Gasteiger charge is -2.10. The largest absolute Gasteiger partial charge is 0.321 e. The van der Waals surface area contributed by atoms with Crippen molar-refractivity contribution < 1.29 is 4.79 Å². The van der Waals surface area contributed by atoms with Crippen LogP contribution in [0.3, 0.4) is 0 Å². The molecule has 0 radical (unpaired) electrons. The van der Waals surface area contributed by atoms with Crippen LogP contribution < -0.4 is 5.32 Å². The molecule has 3 rings (SSSR count). The number of hydrogen-bond acceptors (Lipinski definition) is 4. The molecule has 1 saturated heterocycles. The lowest BCUT2D eigenvalue weighted by molar-refractivity contribution is 0.103.